The molecule has 2 rings (SSSR count). The van der Waals surface area contributed by atoms with Gasteiger partial charge in [-0.2, -0.15) is 0 Å². The highest BCUT2D eigenvalue weighted by molar-refractivity contribution is 4.96. The second kappa shape index (κ2) is 5.18. The Kier molecular flexibility index (Phi) is 3.86. The zero-order valence-electron chi connectivity index (χ0n) is 10.00. The van der Waals surface area contributed by atoms with E-state index in [0.29, 0.717) is 5.92 Å². The lowest BCUT2D eigenvalue weighted by Gasteiger charge is -2.35. The van der Waals surface area contributed by atoms with Crippen LogP contribution in [0, 0.1) is 18.3 Å². The smallest absolute Gasteiger partial charge is 0.168 e. The molecule has 2 aliphatic rings. The average Bonchev–Trinajstić information content (AvgIpc) is 2.77. The van der Waals surface area contributed by atoms with Crippen LogP contribution in [0.15, 0.2) is 0 Å². The van der Waals surface area contributed by atoms with Crippen LogP contribution in [0.2, 0.25) is 0 Å². The predicted octanol–water partition coefficient (Wildman–Crippen LogP) is 1.53. The molecular formula is C13H21NO2. The van der Waals surface area contributed by atoms with Gasteiger partial charge in [-0.1, -0.05) is 5.92 Å². The fraction of sp³-hybridized carbons (Fsp3) is 0.846. The third kappa shape index (κ3) is 2.76. The van der Waals surface area contributed by atoms with Crippen molar-refractivity contribution in [2.75, 3.05) is 19.8 Å². The Balaban J connectivity index is 1.71. The minimum absolute atomic E-state index is 0.176. The van der Waals surface area contributed by atoms with Gasteiger partial charge in [0.15, 0.2) is 5.79 Å². The maximum Gasteiger partial charge on any atom is 0.168 e. The highest BCUT2D eigenvalue weighted by Crippen LogP contribution is 2.37. The molecule has 1 saturated carbocycles. The molecule has 0 amide bonds. The van der Waals surface area contributed by atoms with Crippen LogP contribution >= 0.6 is 0 Å². The van der Waals surface area contributed by atoms with Crippen molar-refractivity contribution in [3.8, 4) is 12.3 Å². The molecule has 0 radical (unpaired) electrons. The molecule has 0 bridgehead atoms. The van der Waals surface area contributed by atoms with E-state index in [-0.39, 0.29) is 11.8 Å². The predicted molar refractivity (Wildman–Crippen MR) is 62.9 cm³/mol. The summed E-state index contributed by atoms with van der Waals surface area (Å²) in [5.41, 5.74) is 0. The number of ether oxygens (including phenoxy) is 2. The van der Waals surface area contributed by atoms with E-state index in [9.17, 15) is 0 Å². The van der Waals surface area contributed by atoms with E-state index in [1.807, 2.05) is 6.92 Å². The van der Waals surface area contributed by atoms with Crippen molar-refractivity contribution in [1.82, 2.24) is 5.32 Å². The summed E-state index contributed by atoms with van der Waals surface area (Å²) in [5, 5.41) is 3.36. The van der Waals surface area contributed by atoms with Gasteiger partial charge in [-0.15, -0.1) is 6.42 Å². The summed E-state index contributed by atoms with van der Waals surface area (Å²) in [6.45, 7) is 4.56. The summed E-state index contributed by atoms with van der Waals surface area (Å²) in [7, 11) is 0. The third-order valence-electron chi connectivity index (χ3n) is 3.64. The van der Waals surface area contributed by atoms with Crippen LogP contribution in [0.4, 0.5) is 0 Å². The van der Waals surface area contributed by atoms with Crippen LogP contribution in [0.25, 0.3) is 0 Å². The topological polar surface area (TPSA) is 30.5 Å². The minimum atomic E-state index is -0.228. The Bertz CT molecular complexity index is 256. The van der Waals surface area contributed by atoms with Crippen molar-refractivity contribution in [2.24, 2.45) is 5.92 Å². The van der Waals surface area contributed by atoms with E-state index < -0.39 is 0 Å². The Hall–Kier alpha value is -0.560. The summed E-state index contributed by atoms with van der Waals surface area (Å²) < 4.78 is 11.4. The molecule has 0 aromatic carbocycles. The molecule has 3 nitrogen and oxygen atoms in total. The van der Waals surface area contributed by atoms with E-state index in [1.54, 1.807) is 0 Å². The van der Waals surface area contributed by atoms with Crippen LogP contribution < -0.4 is 5.32 Å². The van der Waals surface area contributed by atoms with Gasteiger partial charge in [0.2, 0.25) is 0 Å². The van der Waals surface area contributed by atoms with Crippen molar-refractivity contribution in [3.63, 3.8) is 0 Å². The lowest BCUT2D eigenvalue weighted by Crippen LogP contribution is -2.39. The molecule has 90 valence electrons. The number of hydrogen-bond acceptors (Lipinski definition) is 3. The molecule has 1 aliphatic carbocycles. The number of nitrogens with one attached hydrogen (secondary N) is 1. The highest BCUT2D eigenvalue weighted by Gasteiger charge is 2.40. The van der Waals surface area contributed by atoms with Crippen molar-refractivity contribution in [2.45, 2.75) is 44.4 Å². The summed E-state index contributed by atoms with van der Waals surface area (Å²) in [6.07, 6.45) is 9.73. The van der Waals surface area contributed by atoms with Crippen molar-refractivity contribution in [3.05, 3.63) is 0 Å². The fourth-order valence-electron chi connectivity index (χ4n) is 2.51. The lowest BCUT2D eigenvalue weighted by molar-refractivity contribution is -0.182. The molecule has 1 atom stereocenters. The molecule has 1 unspecified atom stereocenters. The standard InChI is InChI=1S/C13H21NO2/c1-3-11(2)14-10-12-4-6-13(7-5-12)15-8-9-16-13/h1,11-12,14H,4-10H2,2H3. The zero-order valence-corrected chi connectivity index (χ0v) is 10.00. The van der Waals surface area contributed by atoms with Gasteiger partial charge in [-0.25, -0.2) is 0 Å². The molecular weight excluding hydrogens is 202 g/mol. The van der Waals surface area contributed by atoms with Gasteiger partial charge in [0, 0.05) is 12.8 Å². The van der Waals surface area contributed by atoms with Gasteiger partial charge in [-0.05, 0) is 32.2 Å². The SMILES string of the molecule is C#CC(C)NCC1CCC2(CC1)OCCO2. The molecule has 0 aromatic heterocycles. The van der Waals surface area contributed by atoms with Gasteiger partial charge in [0.1, 0.15) is 0 Å². The second-order valence-electron chi connectivity index (χ2n) is 4.85. The van der Waals surface area contributed by atoms with E-state index in [1.165, 1.54) is 12.8 Å². The molecule has 2 fully saturated rings. The lowest BCUT2D eigenvalue weighted by atomic mass is 9.85. The van der Waals surface area contributed by atoms with Crippen LogP contribution in [0.3, 0.4) is 0 Å². The largest absolute Gasteiger partial charge is 0.348 e. The van der Waals surface area contributed by atoms with Crippen molar-refractivity contribution >= 4 is 0 Å². The highest BCUT2D eigenvalue weighted by atomic mass is 16.7. The molecule has 16 heavy (non-hydrogen) atoms. The van der Waals surface area contributed by atoms with Gasteiger partial charge in [0.05, 0.1) is 19.3 Å². The monoisotopic (exact) mass is 223 g/mol. The van der Waals surface area contributed by atoms with Crippen LogP contribution in [0.5, 0.6) is 0 Å². The van der Waals surface area contributed by atoms with Gasteiger partial charge in [0.25, 0.3) is 0 Å². The fourth-order valence-corrected chi connectivity index (χ4v) is 2.51. The maximum absolute atomic E-state index is 5.70. The molecule has 1 spiro atoms. The van der Waals surface area contributed by atoms with Gasteiger partial charge in [-0.3, -0.25) is 0 Å². The Labute approximate surface area is 97.9 Å². The summed E-state index contributed by atoms with van der Waals surface area (Å²) in [6, 6.07) is 0.176. The summed E-state index contributed by atoms with van der Waals surface area (Å²) in [5.74, 6) is 3.18. The number of hydrogen-bond donors (Lipinski definition) is 1. The molecule has 1 heterocycles. The third-order valence-corrected chi connectivity index (χ3v) is 3.64. The van der Waals surface area contributed by atoms with E-state index in [4.69, 9.17) is 15.9 Å². The Morgan fingerprint density at radius 2 is 2.00 bits per heavy atom. The van der Waals surface area contributed by atoms with E-state index in [2.05, 4.69) is 11.2 Å². The second-order valence-corrected chi connectivity index (χ2v) is 4.85. The van der Waals surface area contributed by atoms with E-state index in [0.717, 1.165) is 32.6 Å². The molecule has 3 heteroatoms. The van der Waals surface area contributed by atoms with E-state index >= 15 is 0 Å². The molecule has 1 aliphatic heterocycles. The molecule has 0 aromatic rings. The summed E-state index contributed by atoms with van der Waals surface area (Å²) >= 11 is 0. The van der Waals surface area contributed by atoms with Crippen molar-refractivity contribution in [1.29, 1.82) is 0 Å². The Morgan fingerprint density at radius 3 is 2.56 bits per heavy atom. The molecule has 1 saturated heterocycles. The first-order valence-electron chi connectivity index (χ1n) is 6.21. The number of terminal acetylenes is 1. The van der Waals surface area contributed by atoms with Crippen LogP contribution in [-0.4, -0.2) is 31.6 Å². The first-order valence-corrected chi connectivity index (χ1v) is 6.21. The van der Waals surface area contributed by atoms with Crippen molar-refractivity contribution < 1.29 is 9.47 Å². The normalized spacial score (nSPS) is 26.8. The maximum atomic E-state index is 5.70. The number of rotatable bonds is 3. The Morgan fingerprint density at radius 1 is 1.38 bits per heavy atom. The minimum Gasteiger partial charge on any atom is -0.348 e. The van der Waals surface area contributed by atoms with Crippen LogP contribution in [-0.2, 0) is 9.47 Å². The zero-order chi connectivity index (χ0) is 11.4. The molecule has 1 N–H and O–H groups in total. The average molecular weight is 223 g/mol. The quantitative estimate of drug-likeness (QED) is 0.736. The van der Waals surface area contributed by atoms with Gasteiger partial charge >= 0.3 is 0 Å². The van der Waals surface area contributed by atoms with Gasteiger partial charge < -0.3 is 14.8 Å². The first-order chi connectivity index (χ1) is 7.74. The first kappa shape index (κ1) is 11.9. The summed E-state index contributed by atoms with van der Waals surface area (Å²) in [4.78, 5) is 0. The van der Waals surface area contributed by atoms with Crippen LogP contribution in [0.1, 0.15) is 32.6 Å².